The lowest BCUT2D eigenvalue weighted by Crippen LogP contribution is -2.43. The lowest BCUT2D eigenvalue weighted by Gasteiger charge is -2.38. The molecule has 144 valence electrons. The van der Waals surface area contributed by atoms with Gasteiger partial charge in [-0.05, 0) is 48.9 Å². The lowest BCUT2D eigenvalue weighted by molar-refractivity contribution is 0.253. The van der Waals surface area contributed by atoms with Crippen molar-refractivity contribution in [1.29, 1.82) is 0 Å². The molecule has 0 atom stereocenters. The van der Waals surface area contributed by atoms with E-state index in [1.807, 2.05) is 30.3 Å². The van der Waals surface area contributed by atoms with Gasteiger partial charge in [-0.1, -0.05) is 54.6 Å². The predicted molar refractivity (Wildman–Crippen MR) is 115 cm³/mol. The summed E-state index contributed by atoms with van der Waals surface area (Å²) in [5.41, 5.74) is 12.1. The van der Waals surface area contributed by atoms with E-state index in [1.165, 1.54) is 18.1 Å². The van der Waals surface area contributed by atoms with Crippen molar-refractivity contribution >= 4 is 0 Å². The number of nitrogens with zero attached hydrogens (tertiary/aromatic N) is 1. The topological polar surface area (TPSA) is 69.1 Å². The third-order valence-corrected chi connectivity index (χ3v) is 6.07. The molecule has 0 spiro atoms. The molecule has 29 heavy (non-hydrogen) atoms. The second kappa shape index (κ2) is 6.68. The van der Waals surface area contributed by atoms with Crippen molar-refractivity contribution in [2.24, 2.45) is 5.73 Å². The molecule has 5 rings (SSSR count). The molecule has 2 aromatic rings. The second-order valence-electron chi connectivity index (χ2n) is 7.89. The summed E-state index contributed by atoms with van der Waals surface area (Å²) in [7, 11) is 0. The summed E-state index contributed by atoms with van der Waals surface area (Å²) >= 11 is 0. The van der Waals surface area contributed by atoms with Gasteiger partial charge in [0.2, 0.25) is 5.89 Å². The highest BCUT2D eigenvalue weighted by molar-refractivity contribution is 5.86. The summed E-state index contributed by atoms with van der Waals surface area (Å²) in [5, 5.41) is 0. The maximum absolute atomic E-state index is 11.8. The molecule has 4 heteroatoms. The van der Waals surface area contributed by atoms with Gasteiger partial charge >= 0.3 is 0 Å². The summed E-state index contributed by atoms with van der Waals surface area (Å²) in [6.07, 6.45) is 3.26. The Bertz CT molecular complexity index is 1210. The molecule has 2 aromatic carbocycles. The van der Waals surface area contributed by atoms with Gasteiger partial charge < -0.3 is 10.2 Å². The molecule has 1 aliphatic carbocycles. The zero-order chi connectivity index (χ0) is 20.0. The number of nitrogens with two attached hydrogens (primary N) is 1. The van der Waals surface area contributed by atoms with Gasteiger partial charge in [0, 0.05) is 28.3 Å². The molecule has 0 saturated heterocycles. The molecule has 0 amide bonds. The van der Waals surface area contributed by atoms with Crippen molar-refractivity contribution in [2.75, 3.05) is 0 Å². The average Bonchev–Trinajstić information content (AvgIpc) is 2.72. The number of pyridine rings is 1. The Morgan fingerprint density at radius 3 is 2.31 bits per heavy atom. The quantitative estimate of drug-likeness (QED) is 0.534. The molecular formula is C25H22N2O2. The van der Waals surface area contributed by atoms with Crippen LogP contribution in [0.25, 0.3) is 33.9 Å². The highest BCUT2D eigenvalue weighted by atomic mass is 16.3. The highest BCUT2D eigenvalue weighted by Crippen LogP contribution is 2.43. The largest absolute Gasteiger partial charge is 0.437 e. The van der Waals surface area contributed by atoms with Crippen molar-refractivity contribution in [1.82, 2.24) is 4.98 Å². The van der Waals surface area contributed by atoms with Gasteiger partial charge in [0.15, 0.2) is 0 Å². The van der Waals surface area contributed by atoms with Gasteiger partial charge in [0.05, 0.1) is 0 Å². The fourth-order valence-electron chi connectivity index (χ4n) is 4.19. The minimum absolute atomic E-state index is 0.182. The molecule has 1 fully saturated rings. The minimum atomic E-state index is -0.300. The molecular weight excluding hydrogens is 360 g/mol. The molecule has 2 N–H and O–H groups in total. The smallest absolute Gasteiger partial charge is 0.273 e. The van der Waals surface area contributed by atoms with Crippen molar-refractivity contribution in [3.05, 3.63) is 88.2 Å². The zero-order valence-corrected chi connectivity index (χ0v) is 16.3. The van der Waals surface area contributed by atoms with Gasteiger partial charge in [0.25, 0.3) is 5.56 Å². The molecule has 1 saturated carbocycles. The van der Waals surface area contributed by atoms with Gasteiger partial charge in [0.1, 0.15) is 5.76 Å². The van der Waals surface area contributed by atoms with Crippen LogP contribution in [0, 0.1) is 6.92 Å². The Labute approximate surface area is 169 Å². The summed E-state index contributed by atoms with van der Waals surface area (Å²) in [4.78, 5) is 15.9. The van der Waals surface area contributed by atoms with E-state index in [2.05, 4.69) is 36.2 Å². The summed E-state index contributed by atoms with van der Waals surface area (Å²) in [6.45, 7) is 2.05. The van der Waals surface area contributed by atoms with E-state index in [9.17, 15) is 4.79 Å². The molecule has 0 radical (unpaired) electrons. The molecule has 0 unspecified atom stereocenters. The normalized spacial score (nSPS) is 15.2. The Morgan fingerprint density at radius 1 is 0.931 bits per heavy atom. The molecule has 2 heterocycles. The Balaban J connectivity index is 1.74. The van der Waals surface area contributed by atoms with Gasteiger partial charge in [-0.15, -0.1) is 0 Å². The predicted octanol–water partition coefficient (Wildman–Crippen LogP) is 5.12. The number of aromatic nitrogens is 1. The fraction of sp³-hybridized carbons (Fsp3) is 0.200. The zero-order valence-electron chi connectivity index (χ0n) is 16.3. The van der Waals surface area contributed by atoms with Crippen LogP contribution in [0.5, 0.6) is 0 Å². The van der Waals surface area contributed by atoms with Crippen LogP contribution in [0.15, 0.2) is 75.9 Å². The van der Waals surface area contributed by atoms with Crippen LogP contribution in [0.2, 0.25) is 0 Å². The summed E-state index contributed by atoms with van der Waals surface area (Å²) < 4.78 is 6.19. The first-order valence-electron chi connectivity index (χ1n) is 9.95. The molecule has 4 nitrogen and oxygen atoms in total. The lowest BCUT2D eigenvalue weighted by atomic mass is 9.72. The van der Waals surface area contributed by atoms with E-state index < -0.39 is 0 Å². The number of hydrogen-bond acceptors (Lipinski definition) is 4. The number of benzene rings is 2. The van der Waals surface area contributed by atoms with E-state index >= 15 is 0 Å². The SMILES string of the molecule is Cc1c2ccc(=O)nc-2oc(-c2ccccc2)c1-c1ccc(C2(N)CCC2)cc1. The first-order valence-corrected chi connectivity index (χ1v) is 9.95. The molecule has 2 aliphatic heterocycles. The van der Waals surface area contributed by atoms with Crippen molar-refractivity contribution in [3.63, 3.8) is 0 Å². The van der Waals surface area contributed by atoms with Crippen LogP contribution >= 0.6 is 0 Å². The summed E-state index contributed by atoms with van der Waals surface area (Å²) in [5.74, 6) is 1.08. The third-order valence-electron chi connectivity index (χ3n) is 6.07. The monoisotopic (exact) mass is 382 g/mol. The number of rotatable bonds is 3. The summed E-state index contributed by atoms with van der Waals surface area (Å²) in [6, 6.07) is 21.7. The number of fused-ring (bicyclic) bond motifs is 1. The average molecular weight is 382 g/mol. The third kappa shape index (κ3) is 2.97. The second-order valence-corrected chi connectivity index (χ2v) is 7.89. The standard InChI is InChI=1S/C25H22N2O2/c1-16-20-12-13-21(28)27-24(20)29-23(18-6-3-2-4-7-18)22(16)17-8-10-19(11-9-17)25(26)14-5-15-25/h2-4,6-13H,5,14-15,26H2,1H3. The van der Waals surface area contributed by atoms with Crippen molar-refractivity contribution in [3.8, 4) is 33.9 Å². The maximum atomic E-state index is 11.8. The van der Waals surface area contributed by atoms with Crippen LogP contribution in [-0.4, -0.2) is 4.98 Å². The van der Waals surface area contributed by atoms with Crippen LogP contribution in [0.4, 0.5) is 0 Å². The van der Waals surface area contributed by atoms with Crippen LogP contribution in [0.1, 0.15) is 30.4 Å². The van der Waals surface area contributed by atoms with Crippen LogP contribution < -0.4 is 11.3 Å². The Morgan fingerprint density at radius 2 is 1.66 bits per heavy atom. The Kier molecular flexibility index (Phi) is 4.10. The molecule has 0 bridgehead atoms. The van der Waals surface area contributed by atoms with Gasteiger partial charge in [-0.25, -0.2) is 0 Å². The maximum Gasteiger partial charge on any atom is 0.273 e. The van der Waals surface area contributed by atoms with Crippen molar-refractivity contribution in [2.45, 2.75) is 31.7 Å². The minimum Gasteiger partial charge on any atom is -0.437 e. The van der Waals surface area contributed by atoms with Gasteiger partial charge in [-0.3, -0.25) is 4.79 Å². The fourth-order valence-corrected chi connectivity index (χ4v) is 4.19. The van der Waals surface area contributed by atoms with E-state index in [4.69, 9.17) is 10.2 Å². The van der Waals surface area contributed by atoms with Gasteiger partial charge in [-0.2, -0.15) is 4.98 Å². The molecule has 3 aliphatic rings. The van der Waals surface area contributed by atoms with E-state index in [1.54, 1.807) is 6.07 Å². The highest BCUT2D eigenvalue weighted by Gasteiger charge is 2.34. The van der Waals surface area contributed by atoms with E-state index in [0.717, 1.165) is 40.7 Å². The van der Waals surface area contributed by atoms with Crippen LogP contribution in [0.3, 0.4) is 0 Å². The van der Waals surface area contributed by atoms with E-state index in [-0.39, 0.29) is 11.1 Å². The van der Waals surface area contributed by atoms with Crippen molar-refractivity contribution < 1.29 is 4.42 Å². The first kappa shape index (κ1) is 17.8. The molecule has 0 aromatic heterocycles. The Hall–Kier alpha value is -3.24. The first-order chi connectivity index (χ1) is 14.0. The number of hydrogen-bond donors (Lipinski definition) is 1. The van der Waals surface area contributed by atoms with Crippen LogP contribution in [-0.2, 0) is 5.54 Å². The van der Waals surface area contributed by atoms with E-state index in [0.29, 0.717) is 11.7 Å².